The van der Waals surface area contributed by atoms with Crippen LogP contribution in [0, 0.1) is 13.8 Å². The van der Waals surface area contributed by atoms with E-state index in [0.29, 0.717) is 38.5 Å². The van der Waals surface area contributed by atoms with Gasteiger partial charge in [-0.05, 0) is 44.0 Å². The van der Waals surface area contributed by atoms with Gasteiger partial charge in [0, 0.05) is 16.2 Å². The van der Waals surface area contributed by atoms with Crippen LogP contribution in [0.15, 0.2) is 46.1 Å². The maximum atomic E-state index is 12.0. The lowest BCUT2D eigenvalue weighted by molar-refractivity contribution is 0.0525. The summed E-state index contributed by atoms with van der Waals surface area (Å²) in [5, 5.41) is 24.0. The van der Waals surface area contributed by atoms with E-state index in [1.54, 1.807) is 39.1 Å². The zero-order valence-corrected chi connectivity index (χ0v) is 17.4. The van der Waals surface area contributed by atoms with E-state index in [2.05, 4.69) is 20.4 Å². The van der Waals surface area contributed by atoms with Crippen molar-refractivity contribution in [1.29, 1.82) is 0 Å². The number of fused-ring (bicyclic) bond motifs is 2. The van der Waals surface area contributed by atoms with Crippen LogP contribution in [-0.2, 0) is 11.3 Å². The molecule has 2 heterocycles. The predicted molar refractivity (Wildman–Crippen MR) is 116 cm³/mol. The minimum Gasteiger partial charge on any atom is -0.462 e. The summed E-state index contributed by atoms with van der Waals surface area (Å²) in [6.45, 7) is 5.17. The third kappa shape index (κ3) is 4.36. The van der Waals surface area contributed by atoms with Gasteiger partial charge in [0.15, 0.2) is 0 Å². The minimum atomic E-state index is -0.453. The van der Waals surface area contributed by atoms with Crippen molar-refractivity contribution in [3.05, 3.63) is 79.6 Å². The fraction of sp³-hybridized carbons (Fsp3) is 0.227. The molecule has 31 heavy (non-hydrogen) atoms. The number of nitrogens with zero attached hydrogens (tertiary/aromatic N) is 2. The molecule has 0 saturated carbocycles. The number of hydrogen-bond acceptors (Lipinski definition) is 7. The van der Waals surface area contributed by atoms with Gasteiger partial charge in [0.1, 0.15) is 0 Å². The number of benzene rings is 2. The van der Waals surface area contributed by atoms with Crippen molar-refractivity contribution in [3.8, 4) is 0 Å². The molecule has 4 rings (SSSR count). The number of aromatic nitrogens is 4. The number of carbonyl (C=O) groups excluding carboxylic acids is 1. The Bertz CT molecular complexity index is 1370. The lowest BCUT2D eigenvalue weighted by Crippen LogP contribution is -2.16. The first-order valence-corrected chi connectivity index (χ1v) is 9.60. The van der Waals surface area contributed by atoms with Crippen LogP contribution in [0.2, 0.25) is 0 Å². The second-order valence-electron chi connectivity index (χ2n) is 6.78. The van der Waals surface area contributed by atoms with Gasteiger partial charge in [0.25, 0.3) is 11.1 Å². The van der Waals surface area contributed by atoms with Gasteiger partial charge >= 0.3 is 5.97 Å². The van der Waals surface area contributed by atoms with Crippen LogP contribution in [0.4, 0.5) is 0 Å². The van der Waals surface area contributed by atoms with Crippen LogP contribution in [0.1, 0.15) is 34.1 Å². The van der Waals surface area contributed by atoms with E-state index in [9.17, 15) is 19.5 Å². The van der Waals surface area contributed by atoms with Gasteiger partial charge in [0.2, 0.25) is 0 Å². The summed E-state index contributed by atoms with van der Waals surface area (Å²) in [7, 11) is 0. The van der Waals surface area contributed by atoms with Crippen LogP contribution in [0.3, 0.4) is 0 Å². The van der Waals surface area contributed by atoms with Gasteiger partial charge in [-0.25, -0.2) is 15.0 Å². The van der Waals surface area contributed by atoms with E-state index in [-0.39, 0.29) is 24.3 Å². The van der Waals surface area contributed by atoms with Crippen molar-refractivity contribution < 1.29 is 14.6 Å². The molecular weight excluding hydrogens is 400 g/mol. The van der Waals surface area contributed by atoms with Gasteiger partial charge in [-0.1, -0.05) is 18.2 Å². The molecular formula is C22H22N4O5. The van der Waals surface area contributed by atoms with E-state index < -0.39 is 5.97 Å². The second-order valence-corrected chi connectivity index (χ2v) is 6.78. The van der Waals surface area contributed by atoms with Crippen molar-refractivity contribution >= 4 is 27.5 Å². The Kier molecular flexibility index (Phi) is 6.56. The molecule has 0 bridgehead atoms. The topological polar surface area (TPSA) is 138 Å². The maximum Gasteiger partial charge on any atom is 0.338 e. The standard InChI is InChI=1S/C14H16N2O4.C8H6N2O/c1-4-20-14(19)11-7(2)5-9-10(6-17)15-16-13(18)12(9)8(11)3;11-8-7-4-2-1-3-6(7)5-9-10-8/h5,17H,4,6H2,1-3H3,(H,16,18);1-5H,(H,10,11). The molecule has 0 radical (unpaired) electrons. The first kappa shape index (κ1) is 21.8. The molecule has 3 N–H and O–H groups in total. The maximum absolute atomic E-state index is 12.0. The highest BCUT2D eigenvalue weighted by Crippen LogP contribution is 2.25. The summed E-state index contributed by atoms with van der Waals surface area (Å²) in [5.41, 5.74) is 1.47. The second kappa shape index (κ2) is 9.31. The number of aryl methyl sites for hydroxylation is 2. The number of H-pyrrole nitrogens is 2. The average Bonchev–Trinajstić information content (AvgIpc) is 2.75. The van der Waals surface area contributed by atoms with Crippen molar-refractivity contribution in [3.63, 3.8) is 0 Å². The Morgan fingerprint density at radius 2 is 1.84 bits per heavy atom. The van der Waals surface area contributed by atoms with E-state index in [1.807, 2.05) is 18.2 Å². The van der Waals surface area contributed by atoms with Gasteiger partial charge in [0.05, 0.1) is 36.1 Å². The van der Waals surface area contributed by atoms with Crippen LogP contribution in [0.25, 0.3) is 21.5 Å². The highest BCUT2D eigenvalue weighted by molar-refractivity contribution is 6.00. The SMILES string of the molecule is CCOC(=O)c1c(C)cc2c(CO)n[nH]c(=O)c2c1C.O=c1[nH]ncc2ccccc12. The smallest absolute Gasteiger partial charge is 0.338 e. The summed E-state index contributed by atoms with van der Waals surface area (Å²) in [6.07, 6.45) is 1.64. The number of rotatable bonds is 3. The molecule has 0 aliphatic carbocycles. The summed E-state index contributed by atoms with van der Waals surface area (Å²) < 4.78 is 5.02. The van der Waals surface area contributed by atoms with E-state index in [0.717, 1.165) is 5.39 Å². The largest absolute Gasteiger partial charge is 0.462 e. The summed E-state index contributed by atoms with van der Waals surface area (Å²) in [5.74, 6) is -0.453. The first-order valence-electron chi connectivity index (χ1n) is 9.60. The first-order chi connectivity index (χ1) is 14.9. The van der Waals surface area contributed by atoms with Crippen molar-refractivity contribution in [2.75, 3.05) is 6.61 Å². The normalized spacial score (nSPS) is 10.6. The van der Waals surface area contributed by atoms with Gasteiger partial charge < -0.3 is 9.84 Å². The molecule has 0 unspecified atom stereocenters. The molecule has 9 nitrogen and oxygen atoms in total. The Labute approximate surface area is 176 Å². The molecule has 9 heteroatoms. The zero-order chi connectivity index (χ0) is 22.5. The van der Waals surface area contributed by atoms with E-state index >= 15 is 0 Å². The molecule has 160 valence electrons. The highest BCUT2D eigenvalue weighted by atomic mass is 16.5. The molecule has 0 aliphatic rings. The zero-order valence-electron chi connectivity index (χ0n) is 17.4. The van der Waals surface area contributed by atoms with Crippen molar-refractivity contribution in [2.24, 2.45) is 0 Å². The van der Waals surface area contributed by atoms with Crippen LogP contribution >= 0.6 is 0 Å². The van der Waals surface area contributed by atoms with Crippen molar-refractivity contribution in [1.82, 2.24) is 20.4 Å². The van der Waals surface area contributed by atoms with Gasteiger partial charge in [-0.15, -0.1) is 0 Å². The Morgan fingerprint density at radius 1 is 1.10 bits per heavy atom. The Balaban J connectivity index is 0.000000207. The molecule has 0 spiro atoms. The highest BCUT2D eigenvalue weighted by Gasteiger charge is 2.19. The summed E-state index contributed by atoms with van der Waals surface area (Å²) in [6, 6.07) is 9.02. The molecule has 0 fully saturated rings. The molecule has 0 amide bonds. The Morgan fingerprint density at radius 3 is 2.52 bits per heavy atom. The number of aromatic amines is 2. The fourth-order valence-electron chi connectivity index (χ4n) is 3.41. The van der Waals surface area contributed by atoms with Crippen LogP contribution in [0.5, 0.6) is 0 Å². The number of aliphatic hydroxyl groups is 1. The molecule has 2 aromatic heterocycles. The van der Waals surface area contributed by atoms with Gasteiger partial charge in [-0.3, -0.25) is 9.59 Å². The average molecular weight is 422 g/mol. The summed E-state index contributed by atoms with van der Waals surface area (Å²) >= 11 is 0. The van der Waals surface area contributed by atoms with E-state index in [4.69, 9.17) is 4.74 Å². The number of esters is 1. The number of carbonyl (C=O) groups is 1. The number of aliphatic hydroxyl groups excluding tert-OH is 1. The molecule has 0 aliphatic heterocycles. The van der Waals surface area contributed by atoms with Crippen LogP contribution < -0.4 is 11.1 Å². The minimum absolute atomic E-state index is 0.136. The number of nitrogens with one attached hydrogen (secondary N) is 2. The monoisotopic (exact) mass is 422 g/mol. The molecule has 0 saturated heterocycles. The third-order valence-electron chi connectivity index (χ3n) is 4.81. The molecule has 4 aromatic rings. The lowest BCUT2D eigenvalue weighted by Gasteiger charge is -2.12. The fourth-order valence-corrected chi connectivity index (χ4v) is 3.41. The number of ether oxygens (including phenoxy) is 1. The number of hydrogen-bond donors (Lipinski definition) is 3. The predicted octanol–water partition coefficient (Wildman–Crippen LogP) is 2.13. The molecule has 0 atom stereocenters. The summed E-state index contributed by atoms with van der Waals surface area (Å²) in [4.78, 5) is 35.0. The van der Waals surface area contributed by atoms with E-state index in [1.165, 1.54) is 0 Å². The van der Waals surface area contributed by atoms with Gasteiger partial charge in [-0.2, -0.15) is 10.2 Å². The van der Waals surface area contributed by atoms with Crippen molar-refractivity contribution in [2.45, 2.75) is 27.4 Å². The Hall–Kier alpha value is -3.85. The molecule has 2 aromatic carbocycles. The lowest BCUT2D eigenvalue weighted by atomic mass is 9.96. The third-order valence-corrected chi connectivity index (χ3v) is 4.81. The quantitative estimate of drug-likeness (QED) is 0.430. The van der Waals surface area contributed by atoms with Crippen LogP contribution in [-0.4, -0.2) is 38.1 Å².